The third kappa shape index (κ3) is 4.92. The van der Waals surface area contributed by atoms with Gasteiger partial charge < -0.3 is 10.5 Å². The van der Waals surface area contributed by atoms with Crippen molar-refractivity contribution in [3.8, 4) is 0 Å². The minimum atomic E-state index is -3.80. The molecule has 1 atom stereocenters. The molecule has 0 saturated heterocycles. The van der Waals surface area contributed by atoms with Crippen LogP contribution in [0.3, 0.4) is 0 Å². The van der Waals surface area contributed by atoms with Crippen LogP contribution in [-0.2, 0) is 19.6 Å². The van der Waals surface area contributed by atoms with Crippen molar-refractivity contribution in [3.63, 3.8) is 0 Å². The fourth-order valence-electron chi connectivity index (χ4n) is 1.42. The minimum absolute atomic E-state index is 0.0713. The van der Waals surface area contributed by atoms with Crippen molar-refractivity contribution in [1.29, 1.82) is 0 Å². The molecule has 112 valence electrons. The number of nitrogens with one attached hydrogen (secondary N) is 1. The summed E-state index contributed by atoms with van der Waals surface area (Å²) in [5.41, 5.74) is 4.74. The lowest BCUT2D eigenvalue weighted by atomic mass is 10.2. The summed E-state index contributed by atoms with van der Waals surface area (Å²) in [5, 5.41) is 0. The number of hydrogen-bond acceptors (Lipinski definition) is 5. The van der Waals surface area contributed by atoms with Gasteiger partial charge in [-0.25, -0.2) is 8.42 Å². The topological polar surface area (TPSA) is 98.5 Å². The standard InChI is InChI=1S/C13H20N2O4S/c1-13(2,3)19-12(16)11(9-14)15-20(17,18)10-7-5-4-6-8-10/h4-8,11,15H,9,14H2,1-3H3/t11-/m1/s1. The average Bonchev–Trinajstić information content (AvgIpc) is 2.35. The van der Waals surface area contributed by atoms with Gasteiger partial charge in [0.15, 0.2) is 0 Å². The van der Waals surface area contributed by atoms with E-state index in [9.17, 15) is 13.2 Å². The Morgan fingerprint density at radius 2 is 1.85 bits per heavy atom. The van der Waals surface area contributed by atoms with Gasteiger partial charge in [0.1, 0.15) is 11.6 Å². The Balaban J connectivity index is 2.86. The predicted molar refractivity (Wildman–Crippen MR) is 75.5 cm³/mol. The number of hydrogen-bond donors (Lipinski definition) is 2. The van der Waals surface area contributed by atoms with Crippen LogP contribution in [0.15, 0.2) is 35.2 Å². The van der Waals surface area contributed by atoms with Gasteiger partial charge in [-0.1, -0.05) is 18.2 Å². The molecule has 0 aliphatic rings. The molecule has 0 amide bonds. The molecular formula is C13H20N2O4S. The smallest absolute Gasteiger partial charge is 0.326 e. The first-order valence-electron chi connectivity index (χ1n) is 6.16. The molecule has 0 heterocycles. The molecule has 6 nitrogen and oxygen atoms in total. The molecule has 0 fully saturated rings. The number of nitrogens with two attached hydrogens (primary N) is 1. The van der Waals surface area contributed by atoms with E-state index >= 15 is 0 Å². The van der Waals surface area contributed by atoms with Crippen molar-refractivity contribution in [2.24, 2.45) is 5.73 Å². The van der Waals surface area contributed by atoms with Gasteiger partial charge in [0.05, 0.1) is 4.90 Å². The maximum Gasteiger partial charge on any atom is 0.326 e. The summed E-state index contributed by atoms with van der Waals surface area (Å²) in [5.74, 6) is -0.695. The Morgan fingerprint density at radius 3 is 2.30 bits per heavy atom. The van der Waals surface area contributed by atoms with E-state index in [0.29, 0.717) is 0 Å². The molecule has 1 rings (SSSR count). The fourth-order valence-corrected chi connectivity index (χ4v) is 2.64. The Labute approximate surface area is 119 Å². The highest BCUT2D eigenvalue weighted by Crippen LogP contribution is 2.11. The molecule has 3 N–H and O–H groups in total. The second-order valence-electron chi connectivity index (χ2n) is 5.26. The second-order valence-corrected chi connectivity index (χ2v) is 6.97. The van der Waals surface area contributed by atoms with Crippen LogP contribution >= 0.6 is 0 Å². The number of rotatable bonds is 5. The van der Waals surface area contributed by atoms with E-state index in [-0.39, 0.29) is 11.4 Å². The van der Waals surface area contributed by atoms with E-state index in [2.05, 4.69) is 4.72 Å². The monoisotopic (exact) mass is 300 g/mol. The number of carbonyl (C=O) groups excluding carboxylic acids is 1. The van der Waals surface area contributed by atoms with Gasteiger partial charge in [0.2, 0.25) is 10.0 Å². The molecule has 0 bridgehead atoms. The Morgan fingerprint density at radius 1 is 1.30 bits per heavy atom. The second kappa shape index (κ2) is 6.34. The number of esters is 1. The van der Waals surface area contributed by atoms with Crippen molar-refractivity contribution < 1.29 is 17.9 Å². The largest absolute Gasteiger partial charge is 0.459 e. The van der Waals surface area contributed by atoms with E-state index in [1.165, 1.54) is 12.1 Å². The zero-order chi connectivity index (χ0) is 15.4. The van der Waals surface area contributed by atoms with Gasteiger partial charge in [-0.2, -0.15) is 4.72 Å². The van der Waals surface area contributed by atoms with Crippen LogP contribution in [0, 0.1) is 0 Å². The third-order valence-corrected chi connectivity index (χ3v) is 3.77. The number of sulfonamides is 1. The van der Waals surface area contributed by atoms with Gasteiger partial charge in [0, 0.05) is 6.54 Å². The highest BCUT2D eigenvalue weighted by molar-refractivity contribution is 7.89. The third-order valence-electron chi connectivity index (χ3n) is 2.28. The number of carbonyl (C=O) groups is 1. The maximum atomic E-state index is 12.1. The Kier molecular flexibility index (Phi) is 5.27. The molecule has 7 heteroatoms. The van der Waals surface area contributed by atoms with E-state index in [1.807, 2.05) is 0 Å². The summed E-state index contributed by atoms with van der Waals surface area (Å²) in [4.78, 5) is 11.9. The molecule has 0 spiro atoms. The summed E-state index contributed by atoms with van der Waals surface area (Å²) >= 11 is 0. The summed E-state index contributed by atoms with van der Waals surface area (Å²) in [6.07, 6.45) is 0. The SMILES string of the molecule is CC(C)(C)OC(=O)[C@@H](CN)NS(=O)(=O)c1ccccc1. The Bertz CT molecular complexity index is 549. The van der Waals surface area contributed by atoms with Crippen molar-refractivity contribution in [1.82, 2.24) is 4.72 Å². The lowest BCUT2D eigenvalue weighted by Gasteiger charge is -2.23. The molecule has 0 saturated carbocycles. The number of benzene rings is 1. The summed E-state index contributed by atoms with van der Waals surface area (Å²) < 4.78 is 31.6. The average molecular weight is 300 g/mol. The van der Waals surface area contributed by atoms with Crippen LogP contribution in [0.25, 0.3) is 0 Å². The van der Waals surface area contributed by atoms with E-state index < -0.39 is 27.6 Å². The zero-order valence-electron chi connectivity index (χ0n) is 11.8. The van der Waals surface area contributed by atoms with Gasteiger partial charge >= 0.3 is 5.97 Å². The van der Waals surface area contributed by atoms with Crippen molar-refractivity contribution in [2.45, 2.75) is 37.3 Å². The molecular weight excluding hydrogens is 280 g/mol. The quantitative estimate of drug-likeness (QED) is 0.777. The lowest BCUT2D eigenvalue weighted by molar-refractivity contribution is -0.156. The molecule has 0 aliphatic carbocycles. The van der Waals surface area contributed by atoms with Crippen molar-refractivity contribution >= 4 is 16.0 Å². The van der Waals surface area contributed by atoms with Crippen LogP contribution < -0.4 is 10.5 Å². The summed E-state index contributed by atoms with van der Waals surface area (Å²) in [6, 6.07) is 6.65. The predicted octanol–water partition coefficient (Wildman–Crippen LogP) is 0.634. The zero-order valence-corrected chi connectivity index (χ0v) is 12.6. The minimum Gasteiger partial charge on any atom is -0.459 e. The molecule has 20 heavy (non-hydrogen) atoms. The molecule has 0 aliphatic heterocycles. The van der Waals surface area contributed by atoms with Crippen LogP contribution in [0.1, 0.15) is 20.8 Å². The molecule has 0 aromatic heterocycles. The van der Waals surface area contributed by atoms with Crippen LogP contribution in [0.5, 0.6) is 0 Å². The highest BCUT2D eigenvalue weighted by atomic mass is 32.2. The van der Waals surface area contributed by atoms with Gasteiger partial charge in [-0.3, -0.25) is 4.79 Å². The van der Waals surface area contributed by atoms with Gasteiger partial charge in [0.25, 0.3) is 0 Å². The maximum absolute atomic E-state index is 12.1. The van der Waals surface area contributed by atoms with Crippen molar-refractivity contribution in [2.75, 3.05) is 6.54 Å². The van der Waals surface area contributed by atoms with E-state index in [1.54, 1.807) is 39.0 Å². The lowest BCUT2D eigenvalue weighted by Crippen LogP contribution is -2.48. The van der Waals surface area contributed by atoms with Crippen LogP contribution in [-0.4, -0.2) is 32.6 Å². The van der Waals surface area contributed by atoms with E-state index in [4.69, 9.17) is 10.5 Å². The first kappa shape index (κ1) is 16.6. The molecule has 0 radical (unpaired) electrons. The summed E-state index contributed by atoms with van der Waals surface area (Å²) in [6.45, 7) is 4.92. The number of ether oxygens (including phenoxy) is 1. The van der Waals surface area contributed by atoms with E-state index in [0.717, 1.165) is 0 Å². The van der Waals surface area contributed by atoms with Crippen LogP contribution in [0.4, 0.5) is 0 Å². The molecule has 1 aromatic rings. The van der Waals surface area contributed by atoms with Crippen molar-refractivity contribution in [3.05, 3.63) is 30.3 Å². The highest BCUT2D eigenvalue weighted by Gasteiger charge is 2.28. The molecule has 1 aromatic carbocycles. The van der Waals surface area contributed by atoms with Crippen LogP contribution in [0.2, 0.25) is 0 Å². The van der Waals surface area contributed by atoms with Gasteiger partial charge in [-0.05, 0) is 32.9 Å². The fraction of sp³-hybridized carbons (Fsp3) is 0.462. The molecule has 0 unspecified atom stereocenters. The first-order chi connectivity index (χ1) is 9.15. The van der Waals surface area contributed by atoms with Gasteiger partial charge in [-0.15, -0.1) is 0 Å². The summed E-state index contributed by atoms with van der Waals surface area (Å²) in [7, 11) is -3.80. The normalized spacial score (nSPS) is 13.8. The Hall–Kier alpha value is -1.44. The first-order valence-corrected chi connectivity index (χ1v) is 7.64.